The number of pyridine rings is 2. The van der Waals surface area contributed by atoms with E-state index in [9.17, 15) is 0 Å². The van der Waals surface area contributed by atoms with Crippen LogP contribution in [0.1, 0.15) is 33.3 Å². The van der Waals surface area contributed by atoms with Crippen LogP contribution in [0.3, 0.4) is 0 Å². The summed E-state index contributed by atoms with van der Waals surface area (Å²) >= 11 is 0. The number of aryl methyl sites for hydroxylation is 1. The smallest absolute Gasteiger partial charge is 0.0735 e. The molecule has 0 fully saturated rings. The molecule has 0 aliphatic carbocycles. The molecule has 0 amide bonds. The second-order valence-corrected chi connectivity index (χ2v) is 2.52. The molecule has 0 aromatic carbocycles. The van der Waals surface area contributed by atoms with Crippen molar-refractivity contribution in [3.05, 3.63) is 36.3 Å². The molecule has 0 N–H and O–H groups in total. The van der Waals surface area contributed by atoms with Crippen LogP contribution in [-0.4, -0.2) is 9.97 Å². The molecule has 82 valence electrons. The van der Waals surface area contributed by atoms with Crippen molar-refractivity contribution in [3.8, 4) is 0 Å². The fourth-order valence-corrected chi connectivity index (χ4v) is 1.12. The Morgan fingerprint density at radius 3 is 2.20 bits per heavy atom. The van der Waals surface area contributed by atoms with Crippen LogP contribution >= 0.6 is 0 Å². The van der Waals surface area contributed by atoms with Crippen molar-refractivity contribution < 1.29 is 0 Å². The Morgan fingerprint density at radius 1 is 0.933 bits per heavy atom. The van der Waals surface area contributed by atoms with Crippen LogP contribution in [0.5, 0.6) is 0 Å². The van der Waals surface area contributed by atoms with E-state index in [1.54, 1.807) is 6.20 Å². The predicted molar refractivity (Wildman–Crippen MR) is 67.0 cm³/mol. The van der Waals surface area contributed by atoms with Gasteiger partial charge in [0.15, 0.2) is 0 Å². The van der Waals surface area contributed by atoms with Gasteiger partial charge in [0.25, 0.3) is 0 Å². The molecule has 2 aromatic heterocycles. The number of aromatic nitrogens is 2. The predicted octanol–water partition coefficient (Wildman–Crippen LogP) is 3.99. The van der Waals surface area contributed by atoms with E-state index in [1.807, 2.05) is 52.2 Å². The zero-order valence-corrected chi connectivity index (χ0v) is 10.3. The molecule has 0 atom stereocenters. The largest absolute Gasteiger partial charge is 0.264 e. The van der Waals surface area contributed by atoms with Gasteiger partial charge >= 0.3 is 0 Å². The van der Waals surface area contributed by atoms with E-state index in [1.165, 1.54) is 5.56 Å². The molecule has 0 saturated heterocycles. The van der Waals surface area contributed by atoms with Gasteiger partial charge in [-0.05, 0) is 24.6 Å². The van der Waals surface area contributed by atoms with Crippen LogP contribution < -0.4 is 0 Å². The lowest BCUT2D eigenvalue weighted by atomic mass is 10.2. The van der Waals surface area contributed by atoms with Gasteiger partial charge in [-0.1, -0.05) is 27.7 Å². The Bertz CT molecular complexity index is 378. The maximum atomic E-state index is 4.20. The lowest BCUT2D eigenvalue weighted by molar-refractivity contribution is 1.30. The molecule has 0 saturated carbocycles. The minimum atomic E-state index is 1.01. The first kappa shape index (κ1) is 13.6. The molecular formula is C13H20N2. The SMILES string of the molecule is CC.CC.Cc1ccnc2ccncc12. The lowest BCUT2D eigenvalue weighted by Gasteiger charge is -1.97. The quantitative estimate of drug-likeness (QED) is 0.648. The second-order valence-electron chi connectivity index (χ2n) is 2.52. The molecular weight excluding hydrogens is 184 g/mol. The zero-order valence-electron chi connectivity index (χ0n) is 10.3. The minimum absolute atomic E-state index is 1.01. The Morgan fingerprint density at radius 2 is 1.60 bits per heavy atom. The highest BCUT2D eigenvalue weighted by atomic mass is 14.7. The van der Waals surface area contributed by atoms with Crippen molar-refractivity contribution in [2.75, 3.05) is 0 Å². The van der Waals surface area contributed by atoms with E-state index in [4.69, 9.17) is 0 Å². The molecule has 2 heteroatoms. The van der Waals surface area contributed by atoms with E-state index < -0.39 is 0 Å². The van der Waals surface area contributed by atoms with Crippen molar-refractivity contribution in [2.24, 2.45) is 0 Å². The van der Waals surface area contributed by atoms with Crippen LogP contribution in [0.2, 0.25) is 0 Å². The van der Waals surface area contributed by atoms with E-state index in [0.29, 0.717) is 0 Å². The van der Waals surface area contributed by atoms with Crippen LogP contribution in [-0.2, 0) is 0 Å². The maximum Gasteiger partial charge on any atom is 0.0735 e. The lowest BCUT2D eigenvalue weighted by Crippen LogP contribution is -1.82. The zero-order chi connectivity index (χ0) is 11.7. The molecule has 2 aromatic rings. The van der Waals surface area contributed by atoms with Gasteiger partial charge in [-0.25, -0.2) is 0 Å². The Kier molecular flexibility index (Phi) is 7.16. The van der Waals surface area contributed by atoms with Crippen molar-refractivity contribution in [3.63, 3.8) is 0 Å². The highest BCUT2D eigenvalue weighted by Crippen LogP contribution is 2.12. The third-order valence-electron chi connectivity index (χ3n) is 1.76. The van der Waals surface area contributed by atoms with Crippen molar-refractivity contribution in [2.45, 2.75) is 34.6 Å². The molecule has 2 nitrogen and oxygen atoms in total. The van der Waals surface area contributed by atoms with Crippen LogP contribution in [0.25, 0.3) is 10.9 Å². The highest BCUT2D eigenvalue weighted by Gasteiger charge is 1.94. The van der Waals surface area contributed by atoms with Crippen molar-refractivity contribution in [1.82, 2.24) is 9.97 Å². The molecule has 15 heavy (non-hydrogen) atoms. The third-order valence-corrected chi connectivity index (χ3v) is 1.76. The average Bonchev–Trinajstić information content (AvgIpc) is 2.35. The van der Waals surface area contributed by atoms with Crippen LogP contribution in [0, 0.1) is 6.92 Å². The summed E-state index contributed by atoms with van der Waals surface area (Å²) in [7, 11) is 0. The third kappa shape index (κ3) is 3.66. The van der Waals surface area contributed by atoms with Gasteiger partial charge in [0.1, 0.15) is 0 Å². The van der Waals surface area contributed by atoms with Gasteiger partial charge in [0.05, 0.1) is 5.52 Å². The normalized spacial score (nSPS) is 8.33. The number of nitrogens with zero attached hydrogens (tertiary/aromatic N) is 2. The molecule has 0 aliphatic rings. The van der Waals surface area contributed by atoms with E-state index in [0.717, 1.165) is 10.9 Å². The Hall–Kier alpha value is -1.44. The molecule has 2 rings (SSSR count). The fourth-order valence-electron chi connectivity index (χ4n) is 1.12. The molecule has 0 radical (unpaired) electrons. The van der Waals surface area contributed by atoms with Gasteiger partial charge in [-0.2, -0.15) is 0 Å². The molecule has 0 unspecified atom stereocenters. The summed E-state index contributed by atoms with van der Waals surface area (Å²) in [6.45, 7) is 10.1. The minimum Gasteiger partial charge on any atom is -0.264 e. The van der Waals surface area contributed by atoms with Crippen molar-refractivity contribution >= 4 is 10.9 Å². The number of hydrogen-bond acceptors (Lipinski definition) is 2. The summed E-state index contributed by atoms with van der Waals surface area (Å²) in [5.41, 5.74) is 2.24. The first-order valence-corrected chi connectivity index (χ1v) is 5.53. The Labute approximate surface area is 92.4 Å². The number of rotatable bonds is 0. The van der Waals surface area contributed by atoms with E-state index in [2.05, 4.69) is 16.9 Å². The van der Waals surface area contributed by atoms with E-state index >= 15 is 0 Å². The number of fused-ring (bicyclic) bond motifs is 1. The second kappa shape index (κ2) is 7.92. The molecule has 0 aliphatic heterocycles. The van der Waals surface area contributed by atoms with Gasteiger partial charge in [-0.3, -0.25) is 9.97 Å². The summed E-state index contributed by atoms with van der Waals surface area (Å²) in [6, 6.07) is 3.91. The summed E-state index contributed by atoms with van der Waals surface area (Å²) in [5, 5.41) is 1.13. The van der Waals surface area contributed by atoms with Gasteiger partial charge in [0, 0.05) is 24.0 Å². The Balaban J connectivity index is 0.000000442. The fraction of sp³-hybridized carbons (Fsp3) is 0.385. The van der Waals surface area contributed by atoms with Gasteiger partial charge in [0.2, 0.25) is 0 Å². The van der Waals surface area contributed by atoms with Crippen LogP contribution in [0.4, 0.5) is 0 Å². The molecule has 0 bridgehead atoms. The average molecular weight is 204 g/mol. The standard InChI is InChI=1S/C9H8N2.2C2H6/c1-7-2-5-11-9-3-4-10-6-8(7)9;2*1-2/h2-6H,1H3;2*1-2H3. The molecule has 0 spiro atoms. The monoisotopic (exact) mass is 204 g/mol. The van der Waals surface area contributed by atoms with E-state index in [-0.39, 0.29) is 0 Å². The van der Waals surface area contributed by atoms with Gasteiger partial charge < -0.3 is 0 Å². The van der Waals surface area contributed by atoms with Crippen molar-refractivity contribution in [1.29, 1.82) is 0 Å². The maximum absolute atomic E-state index is 4.20. The van der Waals surface area contributed by atoms with Crippen LogP contribution in [0.15, 0.2) is 30.7 Å². The summed E-state index contributed by atoms with van der Waals surface area (Å²) < 4.78 is 0. The first-order chi connectivity index (χ1) is 7.38. The highest BCUT2D eigenvalue weighted by molar-refractivity contribution is 5.80. The number of hydrogen-bond donors (Lipinski definition) is 0. The topological polar surface area (TPSA) is 25.8 Å². The summed E-state index contributed by atoms with van der Waals surface area (Å²) in [4.78, 5) is 8.24. The molecule has 2 heterocycles. The first-order valence-electron chi connectivity index (χ1n) is 5.53. The summed E-state index contributed by atoms with van der Waals surface area (Å²) in [5.74, 6) is 0. The summed E-state index contributed by atoms with van der Waals surface area (Å²) in [6.07, 6.45) is 5.42. The van der Waals surface area contributed by atoms with Gasteiger partial charge in [-0.15, -0.1) is 0 Å².